The fraction of sp³-hybridized carbons (Fsp3) is 0.333. The molecule has 1 rings (SSSR count). The SMILES string of the molecule is O=C(Cl)c1c(OC(F)(F)F)cc(CCl)nc1C(F)F. The molecule has 0 bridgehead atoms. The number of aromatic nitrogens is 1. The lowest BCUT2D eigenvalue weighted by molar-refractivity contribution is -0.274. The summed E-state index contributed by atoms with van der Waals surface area (Å²) in [6.45, 7) is 0. The van der Waals surface area contributed by atoms with Crippen LogP contribution in [0.2, 0.25) is 0 Å². The second-order valence-electron chi connectivity index (χ2n) is 3.13. The molecular weight excluding hydrogens is 320 g/mol. The fourth-order valence-corrected chi connectivity index (χ4v) is 1.55. The number of pyridine rings is 1. The van der Waals surface area contributed by atoms with E-state index >= 15 is 0 Å². The maximum Gasteiger partial charge on any atom is 0.573 e. The number of alkyl halides is 6. The molecule has 0 fully saturated rings. The quantitative estimate of drug-likeness (QED) is 0.477. The largest absolute Gasteiger partial charge is 0.573 e. The third kappa shape index (κ3) is 4.17. The Morgan fingerprint density at radius 2 is 2.00 bits per heavy atom. The first-order chi connectivity index (χ1) is 8.65. The van der Waals surface area contributed by atoms with E-state index in [1.165, 1.54) is 0 Å². The van der Waals surface area contributed by atoms with Gasteiger partial charge in [-0.2, -0.15) is 0 Å². The molecule has 10 heteroatoms. The van der Waals surface area contributed by atoms with Crippen molar-refractivity contribution in [3.8, 4) is 5.75 Å². The minimum Gasteiger partial charge on any atom is -0.405 e. The van der Waals surface area contributed by atoms with E-state index in [2.05, 4.69) is 9.72 Å². The smallest absolute Gasteiger partial charge is 0.405 e. The third-order valence-corrected chi connectivity index (χ3v) is 2.29. The average Bonchev–Trinajstić information content (AvgIpc) is 2.24. The van der Waals surface area contributed by atoms with Crippen molar-refractivity contribution in [2.75, 3.05) is 0 Å². The van der Waals surface area contributed by atoms with Crippen LogP contribution in [0.4, 0.5) is 22.0 Å². The maximum atomic E-state index is 12.7. The van der Waals surface area contributed by atoms with Gasteiger partial charge < -0.3 is 4.74 Å². The lowest BCUT2D eigenvalue weighted by Gasteiger charge is -2.14. The first-order valence-electron chi connectivity index (χ1n) is 4.49. The molecule has 3 nitrogen and oxygen atoms in total. The van der Waals surface area contributed by atoms with Crippen LogP contribution in [0, 0.1) is 0 Å². The van der Waals surface area contributed by atoms with Crippen molar-refractivity contribution in [3.63, 3.8) is 0 Å². The Kier molecular flexibility index (Phi) is 4.92. The lowest BCUT2D eigenvalue weighted by Crippen LogP contribution is -2.20. The summed E-state index contributed by atoms with van der Waals surface area (Å²) in [5, 5.41) is -1.54. The molecule has 106 valence electrons. The second-order valence-corrected chi connectivity index (χ2v) is 3.74. The van der Waals surface area contributed by atoms with Gasteiger partial charge in [-0.15, -0.1) is 24.8 Å². The number of nitrogens with zero attached hydrogens (tertiary/aromatic N) is 1. The zero-order chi connectivity index (χ0) is 14.8. The molecule has 0 amide bonds. The van der Waals surface area contributed by atoms with E-state index in [1.807, 2.05) is 0 Å². The fourth-order valence-electron chi connectivity index (χ4n) is 1.22. The molecule has 0 aliphatic carbocycles. The van der Waals surface area contributed by atoms with Crippen molar-refractivity contribution in [2.24, 2.45) is 0 Å². The van der Waals surface area contributed by atoms with Crippen LogP contribution in [-0.4, -0.2) is 16.6 Å². The Balaban J connectivity index is 3.48. The van der Waals surface area contributed by atoms with Crippen LogP contribution in [0.5, 0.6) is 5.75 Å². The molecule has 0 aromatic carbocycles. The molecule has 0 saturated carbocycles. The Labute approximate surface area is 113 Å². The molecule has 0 N–H and O–H groups in total. The first kappa shape index (κ1) is 15.9. The highest BCUT2D eigenvalue weighted by molar-refractivity contribution is 6.68. The normalized spacial score (nSPS) is 11.8. The van der Waals surface area contributed by atoms with Crippen molar-refractivity contribution in [3.05, 3.63) is 23.0 Å². The highest BCUT2D eigenvalue weighted by Crippen LogP contribution is 2.34. The monoisotopic (exact) mass is 323 g/mol. The number of halogens is 7. The summed E-state index contributed by atoms with van der Waals surface area (Å²) < 4.78 is 65.2. The van der Waals surface area contributed by atoms with E-state index in [0.717, 1.165) is 0 Å². The van der Waals surface area contributed by atoms with Crippen molar-refractivity contribution in [2.45, 2.75) is 18.7 Å². The Morgan fingerprint density at radius 1 is 1.42 bits per heavy atom. The van der Waals surface area contributed by atoms with Crippen LogP contribution < -0.4 is 4.74 Å². The molecule has 19 heavy (non-hydrogen) atoms. The summed E-state index contributed by atoms with van der Waals surface area (Å²) in [6.07, 6.45) is -8.48. The molecule has 0 saturated heterocycles. The van der Waals surface area contributed by atoms with Gasteiger partial charge in [-0.1, -0.05) is 0 Å². The van der Waals surface area contributed by atoms with Crippen molar-refractivity contribution < 1.29 is 31.5 Å². The van der Waals surface area contributed by atoms with Gasteiger partial charge >= 0.3 is 6.36 Å². The second kappa shape index (κ2) is 5.87. The zero-order valence-corrected chi connectivity index (χ0v) is 10.3. The van der Waals surface area contributed by atoms with Crippen LogP contribution in [0.1, 0.15) is 28.2 Å². The molecule has 0 radical (unpaired) electrons. The molecule has 0 atom stereocenters. The molecule has 0 aliphatic rings. The van der Waals surface area contributed by atoms with Gasteiger partial charge in [0.25, 0.3) is 11.7 Å². The Bertz CT molecular complexity index is 492. The maximum absolute atomic E-state index is 12.7. The predicted octanol–water partition coefficient (Wildman–Crippen LogP) is 4.04. The molecule has 0 aliphatic heterocycles. The number of carbonyl (C=O) groups is 1. The first-order valence-corrected chi connectivity index (χ1v) is 5.40. The lowest BCUT2D eigenvalue weighted by atomic mass is 10.1. The van der Waals surface area contributed by atoms with E-state index in [-0.39, 0.29) is 5.69 Å². The van der Waals surface area contributed by atoms with E-state index in [4.69, 9.17) is 23.2 Å². The summed E-state index contributed by atoms with van der Waals surface area (Å²) in [5.74, 6) is -1.60. The molecule has 0 unspecified atom stereocenters. The van der Waals surface area contributed by atoms with Gasteiger partial charge in [-0.05, 0) is 11.6 Å². The molecular formula is C9H4Cl2F5NO2. The Morgan fingerprint density at radius 3 is 2.37 bits per heavy atom. The van der Waals surface area contributed by atoms with Crippen LogP contribution in [-0.2, 0) is 5.88 Å². The minimum atomic E-state index is -5.18. The predicted molar refractivity (Wildman–Crippen MR) is 55.6 cm³/mol. The van der Waals surface area contributed by atoms with E-state index in [9.17, 15) is 26.7 Å². The van der Waals surface area contributed by atoms with Gasteiger partial charge in [-0.25, -0.2) is 13.8 Å². The van der Waals surface area contributed by atoms with Crippen LogP contribution in [0.15, 0.2) is 6.07 Å². The summed E-state index contributed by atoms with van der Waals surface area (Å²) >= 11 is 10.3. The van der Waals surface area contributed by atoms with Crippen LogP contribution in [0.3, 0.4) is 0 Å². The standard InChI is InChI=1S/C9H4Cl2F5NO2/c10-2-3-1-4(19-9(14,15)16)5(7(11)18)6(17-3)8(12)13/h1,8H,2H2. The minimum absolute atomic E-state index is 0.308. The summed E-state index contributed by atoms with van der Waals surface area (Å²) in [7, 11) is 0. The van der Waals surface area contributed by atoms with Gasteiger partial charge in [0.1, 0.15) is 17.0 Å². The highest BCUT2D eigenvalue weighted by Gasteiger charge is 2.35. The van der Waals surface area contributed by atoms with Gasteiger partial charge in [0.2, 0.25) is 0 Å². The van der Waals surface area contributed by atoms with Crippen molar-refractivity contribution in [1.29, 1.82) is 0 Å². The number of ether oxygens (including phenoxy) is 1. The molecule has 1 heterocycles. The topological polar surface area (TPSA) is 39.2 Å². The van der Waals surface area contributed by atoms with Crippen LogP contribution in [0.25, 0.3) is 0 Å². The van der Waals surface area contributed by atoms with Gasteiger partial charge in [0.05, 0.1) is 11.6 Å². The molecule has 1 aromatic heterocycles. The van der Waals surface area contributed by atoms with Crippen molar-refractivity contribution in [1.82, 2.24) is 4.98 Å². The number of hydrogen-bond acceptors (Lipinski definition) is 3. The van der Waals surface area contributed by atoms with Gasteiger partial charge in [0.15, 0.2) is 0 Å². The van der Waals surface area contributed by atoms with E-state index < -0.39 is 40.9 Å². The highest BCUT2D eigenvalue weighted by atomic mass is 35.5. The zero-order valence-electron chi connectivity index (χ0n) is 8.77. The van der Waals surface area contributed by atoms with Crippen molar-refractivity contribution >= 4 is 28.4 Å². The number of rotatable bonds is 4. The Hall–Kier alpha value is -1.15. The van der Waals surface area contributed by atoms with Crippen LogP contribution >= 0.6 is 23.2 Å². The summed E-state index contributed by atoms with van der Waals surface area (Å²) in [6, 6.07) is 0.627. The van der Waals surface area contributed by atoms with E-state index in [1.54, 1.807) is 0 Å². The van der Waals surface area contributed by atoms with E-state index in [0.29, 0.717) is 6.07 Å². The summed E-state index contributed by atoms with van der Waals surface area (Å²) in [4.78, 5) is 14.3. The van der Waals surface area contributed by atoms with Gasteiger partial charge in [-0.3, -0.25) is 4.79 Å². The third-order valence-electron chi connectivity index (χ3n) is 1.83. The van der Waals surface area contributed by atoms with Gasteiger partial charge in [0, 0.05) is 6.07 Å². The molecule has 0 spiro atoms. The number of carbonyl (C=O) groups excluding carboxylic acids is 1. The summed E-state index contributed by atoms with van der Waals surface area (Å²) in [5.41, 5.74) is -2.65. The number of hydrogen-bond donors (Lipinski definition) is 0. The average molecular weight is 324 g/mol. The molecule has 1 aromatic rings.